The summed E-state index contributed by atoms with van der Waals surface area (Å²) >= 11 is 0. The van der Waals surface area contributed by atoms with E-state index in [-0.39, 0.29) is 5.56 Å². The number of aromatic nitrogens is 3. The second-order valence-electron chi connectivity index (χ2n) is 4.34. The maximum absolute atomic E-state index is 11.0. The Morgan fingerprint density at radius 3 is 2.79 bits per heavy atom. The summed E-state index contributed by atoms with van der Waals surface area (Å²) in [4.78, 5) is 11.0. The normalized spacial score (nSPS) is 10.8. The minimum atomic E-state index is -0.967. The lowest BCUT2D eigenvalue weighted by Crippen LogP contribution is -1.99. The summed E-state index contributed by atoms with van der Waals surface area (Å²) in [6.07, 6.45) is 1.54. The van der Waals surface area contributed by atoms with Crippen LogP contribution in [-0.2, 0) is 0 Å². The van der Waals surface area contributed by atoms with Crippen molar-refractivity contribution in [2.45, 2.75) is 6.92 Å². The Balaban J connectivity index is 2.24. The van der Waals surface area contributed by atoms with E-state index in [2.05, 4.69) is 10.2 Å². The number of pyridine rings is 1. The number of hydrogen-bond acceptors (Lipinski definition) is 3. The van der Waals surface area contributed by atoms with Gasteiger partial charge in [0, 0.05) is 11.8 Å². The number of carboxylic acid groups (broad SMARTS) is 1. The summed E-state index contributed by atoms with van der Waals surface area (Å²) in [6, 6.07) is 11.0. The first-order valence-corrected chi connectivity index (χ1v) is 5.80. The van der Waals surface area contributed by atoms with Crippen LogP contribution in [0.1, 0.15) is 15.9 Å². The quantitative estimate of drug-likeness (QED) is 0.761. The molecule has 2 heterocycles. The fourth-order valence-corrected chi connectivity index (χ4v) is 2.00. The van der Waals surface area contributed by atoms with Crippen LogP contribution >= 0.6 is 0 Å². The summed E-state index contributed by atoms with van der Waals surface area (Å²) in [5, 5.41) is 17.2. The molecule has 0 amide bonds. The summed E-state index contributed by atoms with van der Waals surface area (Å²) < 4.78 is 1.69. The molecule has 0 radical (unpaired) electrons. The number of fused-ring (bicyclic) bond motifs is 1. The van der Waals surface area contributed by atoms with Crippen molar-refractivity contribution >= 4 is 11.6 Å². The van der Waals surface area contributed by atoms with Crippen LogP contribution in [0.3, 0.4) is 0 Å². The fourth-order valence-electron chi connectivity index (χ4n) is 2.00. The molecule has 19 heavy (non-hydrogen) atoms. The molecule has 0 saturated heterocycles. The van der Waals surface area contributed by atoms with Crippen LogP contribution in [0.25, 0.3) is 17.0 Å². The molecular weight excluding hydrogens is 242 g/mol. The van der Waals surface area contributed by atoms with Gasteiger partial charge in [-0.15, -0.1) is 10.2 Å². The van der Waals surface area contributed by atoms with Gasteiger partial charge in [0.1, 0.15) is 0 Å². The van der Waals surface area contributed by atoms with E-state index in [4.69, 9.17) is 5.11 Å². The van der Waals surface area contributed by atoms with E-state index in [1.54, 1.807) is 10.5 Å². The molecule has 5 heteroatoms. The summed E-state index contributed by atoms with van der Waals surface area (Å²) in [5.74, 6) is -0.326. The molecule has 3 aromatic rings. The van der Waals surface area contributed by atoms with Gasteiger partial charge in [-0.25, -0.2) is 4.79 Å². The molecule has 0 fully saturated rings. The zero-order valence-corrected chi connectivity index (χ0v) is 10.2. The molecule has 1 aromatic carbocycles. The third-order valence-electron chi connectivity index (χ3n) is 2.93. The summed E-state index contributed by atoms with van der Waals surface area (Å²) in [5.41, 5.74) is 2.86. The second kappa shape index (κ2) is 4.20. The first-order valence-electron chi connectivity index (χ1n) is 5.80. The van der Waals surface area contributed by atoms with Gasteiger partial charge in [0.2, 0.25) is 0 Å². The highest BCUT2D eigenvalue weighted by Crippen LogP contribution is 2.19. The third kappa shape index (κ3) is 1.95. The first-order chi connectivity index (χ1) is 9.15. The summed E-state index contributed by atoms with van der Waals surface area (Å²) in [7, 11) is 0. The molecule has 0 aliphatic carbocycles. The van der Waals surface area contributed by atoms with Crippen LogP contribution in [0.4, 0.5) is 0 Å². The van der Waals surface area contributed by atoms with Gasteiger partial charge >= 0.3 is 5.97 Å². The lowest BCUT2D eigenvalue weighted by molar-refractivity contribution is 0.0696. The van der Waals surface area contributed by atoms with Crippen molar-refractivity contribution < 1.29 is 9.90 Å². The molecule has 0 bridgehead atoms. The second-order valence-corrected chi connectivity index (χ2v) is 4.34. The highest BCUT2D eigenvalue weighted by atomic mass is 16.4. The molecule has 5 nitrogen and oxygen atoms in total. The number of aromatic carboxylic acids is 1. The van der Waals surface area contributed by atoms with E-state index in [1.807, 2.05) is 31.2 Å². The van der Waals surface area contributed by atoms with Gasteiger partial charge in [-0.3, -0.25) is 4.40 Å². The zero-order chi connectivity index (χ0) is 13.4. The van der Waals surface area contributed by atoms with Crippen molar-refractivity contribution in [3.63, 3.8) is 0 Å². The molecule has 94 valence electrons. The van der Waals surface area contributed by atoms with E-state index >= 15 is 0 Å². The van der Waals surface area contributed by atoms with Crippen LogP contribution in [0, 0.1) is 6.92 Å². The third-order valence-corrected chi connectivity index (χ3v) is 2.93. The minimum Gasteiger partial charge on any atom is -0.478 e. The van der Waals surface area contributed by atoms with Gasteiger partial charge < -0.3 is 5.11 Å². The average molecular weight is 253 g/mol. The van der Waals surface area contributed by atoms with Crippen molar-refractivity contribution in [3.05, 3.63) is 53.7 Å². The van der Waals surface area contributed by atoms with Crippen LogP contribution < -0.4 is 0 Å². The van der Waals surface area contributed by atoms with Crippen molar-refractivity contribution in [2.75, 3.05) is 0 Å². The van der Waals surface area contributed by atoms with E-state index < -0.39 is 5.97 Å². The number of nitrogens with zero attached hydrogens (tertiary/aromatic N) is 3. The van der Waals surface area contributed by atoms with Crippen LogP contribution in [0.5, 0.6) is 0 Å². The van der Waals surface area contributed by atoms with Gasteiger partial charge in [0.15, 0.2) is 11.5 Å². The van der Waals surface area contributed by atoms with Crippen molar-refractivity contribution in [3.8, 4) is 11.4 Å². The first kappa shape index (κ1) is 11.4. The monoisotopic (exact) mass is 253 g/mol. The largest absolute Gasteiger partial charge is 0.478 e. The minimum absolute atomic E-state index is 0.209. The van der Waals surface area contributed by atoms with Crippen LogP contribution in [-0.4, -0.2) is 25.7 Å². The van der Waals surface area contributed by atoms with Crippen molar-refractivity contribution in [1.82, 2.24) is 14.6 Å². The van der Waals surface area contributed by atoms with Gasteiger partial charge in [0.05, 0.1) is 5.56 Å². The molecule has 3 rings (SSSR count). The number of hydrogen-bond donors (Lipinski definition) is 1. The predicted molar refractivity (Wildman–Crippen MR) is 70.1 cm³/mol. The standard InChI is InChI=1S/C14H11N3O2/c1-9-3-2-4-10(7-9)13-16-15-12-6-5-11(14(18)19)8-17(12)13/h2-8H,1H3,(H,18,19). The average Bonchev–Trinajstić information content (AvgIpc) is 2.81. The number of rotatable bonds is 2. The summed E-state index contributed by atoms with van der Waals surface area (Å²) in [6.45, 7) is 2.00. The van der Waals surface area contributed by atoms with Gasteiger partial charge in [-0.2, -0.15) is 0 Å². The van der Waals surface area contributed by atoms with Crippen molar-refractivity contribution in [1.29, 1.82) is 0 Å². The lowest BCUT2D eigenvalue weighted by Gasteiger charge is -2.02. The molecule has 2 aromatic heterocycles. The highest BCUT2D eigenvalue weighted by Gasteiger charge is 2.10. The van der Waals surface area contributed by atoms with Crippen molar-refractivity contribution in [2.24, 2.45) is 0 Å². The van der Waals surface area contributed by atoms with Gasteiger partial charge in [-0.1, -0.05) is 23.8 Å². The molecule has 0 spiro atoms. The Kier molecular flexibility index (Phi) is 2.52. The SMILES string of the molecule is Cc1cccc(-c2nnc3ccc(C(=O)O)cn23)c1. The predicted octanol–water partition coefficient (Wildman–Crippen LogP) is 2.40. The number of carbonyl (C=O) groups is 1. The van der Waals surface area contributed by atoms with E-state index in [0.29, 0.717) is 11.5 Å². The maximum Gasteiger partial charge on any atom is 0.337 e. The maximum atomic E-state index is 11.0. The molecule has 0 saturated carbocycles. The van der Waals surface area contributed by atoms with E-state index in [9.17, 15) is 4.79 Å². The number of benzene rings is 1. The van der Waals surface area contributed by atoms with Crippen LogP contribution in [0.15, 0.2) is 42.6 Å². The Hall–Kier alpha value is -2.69. The van der Waals surface area contributed by atoms with Gasteiger partial charge in [-0.05, 0) is 25.1 Å². The smallest absolute Gasteiger partial charge is 0.337 e. The number of carboxylic acids is 1. The molecular formula is C14H11N3O2. The zero-order valence-electron chi connectivity index (χ0n) is 10.2. The molecule has 0 aliphatic heterocycles. The van der Waals surface area contributed by atoms with Gasteiger partial charge in [0.25, 0.3) is 0 Å². The van der Waals surface area contributed by atoms with E-state index in [1.165, 1.54) is 12.3 Å². The Morgan fingerprint density at radius 2 is 2.05 bits per heavy atom. The Bertz CT molecular complexity index is 777. The van der Waals surface area contributed by atoms with E-state index in [0.717, 1.165) is 11.1 Å². The molecule has 1 N–H and O–H groups in total. The molecule has 0 atom stereocenters. The Morgan fingerprint density at radius 1 is 1.21 bits per heavy atom. The molecule has 0 aliphatic rings. The fraction of sp³-hybridized carbons (Fsp3) is 0.0714. The molecule has 0 unspecified atom stereocenters. The lowest BCUT2D eigenvalue weighted by atomic mass is 10.1. The number of aryl methyl sites for hydroxylation is 1. The topological polar surface area (TPSA) is 67.5 Å². The highest BCUT2D eigenvalue weighted by molar-refractivity contribution is 5.87. The Labute approximate surface area is 109 Å². The van der Waals surface area contributed by atoms with Crippen LogP contribution in [0.2, 0.25) is 0 Å².